The summed E-state index contributed by atoms with van der Waals surface area (Å²) in [5.41, 5.74) is 1.21. The second kappa shape index (κ2) is 9.68. The van der Waals surface area contributed by atoms with Crippen molar-refractivity contribution < 1.29 is 14.5 Å². The van der Waals surface area contributed by atoms with E-state index in [1.165, 1.54) is 18.2 Å². The molecule has 1 unspecified atom stereocenters. The minimum Gasteiger partial charge on any atom is -0.497 e. The maximum absolute atomic E-state index is 12.5. The summed E-state index contributed by atoms with van der Waals surface area (Å²) < 4.78 is 5.31. The minimum absolute atomic E-state index is 0.0299. The van der Waals surface area contributed by atoms with Crippen molar-refractivity contribution in [1.82, 2.24) is 10.2 Å². The molecule has 0 spiro atoms. The van der Waals surface area contributed by atoms with Crippen LogP contribution in [0, 0.1) is 10.1 Å². The van der Waals surface area contributed by atoms with Gasteiger partial charge in [-0.15, -0.1) is 0 Å². The normalized spacial score (nSPS) is 11.9. The van der Waals surface area contributed by atoms with Crippen molar-refractivity contribution in [3.05, 3.63) is 69.8 Å². The lowest BCUT2D eigenvalue weighted by atomic mass is 10.0. The van der Waals surface area contributed by atoms with Crippen molar-refractivity contribution in [2.45, 2.75) is 19.9 Å². The number of hydrogen-bond acceptors (Lipinski definition) is 5. The van der Waals surface area contributed by atoms with E-state index in [2.05, 4.69) is 24.1 Å². The van der Waals surface area contributed by atoms with Gasteiger partial charge in [0, 0.05) is 24.2 Å². The van der Waals surface area contributed by atoms with Crippen LogP contribution in [0.4, 0.5) is 5.69 Å². The van der Waals surface area contributed by atoms with E-state index in [1.54, 1.807) is 13.2 Å². The third kappa shape index (κ3) is 5.27. The molecule has 0 aromatic heterocycles. The largest absolute Gasteiger partial charge is 0.497 e. The molecule has 2 aromatic carbocycles. The van der Waals surface area contributed by atoms with Gasteiger partial charge in [-0.3, -0.25) is 19.8 Å². The SMILES string of the molecule is CCN(CC)C(CNC(=O)c1cccc([N+](=O)[O-])c1)c1cccc(OC)c1. The average molecular weight is 371 g/mol. The first-order chi connectivity index (χ1) is 13.0. The molecule has 0 saturated heterocycles. The van der Waals surface area contributed by atoms with Crippen LogP contribution in [0.2, 0.25) is 0 Å². The number of rotatable bonds is 9. The average Bonchev–Trinajstić information content (AvgIpc) is 2.71. The van der Waals surface area contributed by atoms with Crippen LogP contribution < -0.4 is 10.1 Å². The van der Waals surface area contributed by atoms with E-state index in [9.17, 15) is 14.9 Å². The van der Waals surface area contributed by atoms with E-state index < -0.39 is 4.92 Å². The number of ether oxygens (including phenoxy) is 1. The van der Waals surface area contributed by atoms with E-state index in [0.29, 0.717) is 6.54 Å². The Morgan fingerprint density at radius 1 is 1.19 bits per heavy atom. The first-order valence-electron chi connectivity index (χ1n) is 8.90. The second-order valence-corrected chi connectivity index (χ2v) is 6.03. The Bertz CT molecular complexity index is 790. The molecule has 2 aromatic rings. The van der Waals surface area contributed by atoms with E-state index in [0.717, 1.165) is 24.4 Å². The van der Waals surface area contributed by atoms with Crippen LogP contribution in [0.25, 0.3) is 0 Å². The lowest BCUT2D eigenvalue weighted by Crippen LogP contribution is -2.38. The highest BCUT2D eigenvalue weighted by Gasteiger charge is 2.20. The fourth-order valence-electron chi connectivity index (χ4n) is 3.02. The van der Waals surface area contributed by atoms with Crippen molar-refractivity contribution in [1.29, 1.82) is 0 Å². The fraction of sp³-hybridized carbons (Fsp3) is 0.350. The Morgan fingerprint density at radius 2 is 1.89 bits per heavy atom. The molecule has 0 fully saturated rings. The summed E-state index contributed by atoms with van der Waals surface area (Å²) in [5.74, 6) is 0.424. The number of nitro benzene ring substituents is 1. The molecule has 0 radical (unpaired) electrons. The van der Waals surface area contributed by atoms with Gasteiger partial charge in [0.2, 0.25) is 0 Å². The zero-order valence-electron chi connectivity index (χ0n) is 15.8. The summed E-state index contributed by atoms with van der Waals surface area (Å²) >= 11 is 0. The topological polar surface area (TPSA) is 84.7 Å². The lowest BCUT2D eigenvalue weighted by Gasteiger charge is -2.30. The summed E-state index contributed by atoms with van der Waals surface area (Å²) in [7, 11) is 1.62. The molecule has 0 aliphatic heterocycles. The highest BCUT2D eigenvalue weighted by Crippen LogP contribution is 2.24. The van der Waals surface area contributed by atoms with E-state index in [4.69, 9.17) is 4.74 Å². The summed E-state index contributed by atoms with van der Waals surface area (Å²) in [5, 5.41) is 13.8. The first kappa shape index (κ1) is 20.4. The Morgan fingerprint density at radius 3 is 2.52 bits per heavy atom. The third-order valence-corrected chi connectivity index (χ3v) is 4.51. The quantitative estimate of drug-likeness (QED) is 0.539. The number of carbonyl (C=O) groups is 1. The Balaban J connectivity index is 2.19. The first-order valence-corrected chi connectivity index (χ1v) is 8.90. The van der Waals surface area contributed by atoms with Gasteiger partial charge in [-0.25, -0.2) is 0 Å². The number of nitro groups is 1. The van der Waals surface area contributed by atoms with Gasteiger partial charge in [-0.2, -0.15) is 0 Å². The number of benzene rings is 2. The van der Waals surface area contributed by atoms with E-state index in [-0.39, 0.29) is 23.2 Å². The number of methoxy groups -OCH3 is 1. The molecule has 0 saturated carbocycles. The number of likely N-dealkylation sites (N-methyl/N-ethyl adjacent to an activating group) is 1. The molecule has 1 amide bonds. The van der Waals surface area contributed by atoms with Gasteiger partial charge >= 0.3 is 0 Å². The zero-order chi connectivity index (χ0) is 19.8. The Kier molecular flexibility index (Phi) is 7.31. The molecule has 144 valence electrons. The number of nitrogens with zero attached hydrogens (tertiary/aromatic N) is 2. The van der Waals surface area contributed by atoms with Crippen LogP contribution in [0.3, 0.4) is 0 Å². The molecule has 27 heavy (non-hydrogen) atoms. The molecule has 7 nitrogen and oxygen atoms in total. The van der Waals surface area contributed by atoms with Crippen LogP contribution in [0.15, 0.2) is 48.5 Å². The van der Waals surface area contributed by atoms with E-state index in [1.807, 2.05) is 24.3 Å². The number of carbonyl (C=O) groups excluding carboxylic acids is 1. The summed E-state index contributed by atoms with van der Waals surface area (Å²) in [6.07, 6.45) is 0. The third-order valence-electron chi connectivity index (χ3n) is 4.51. The Labute approximate surface area is 159 Å². The van der Waals surface area contributed by atoms with Crippen LogP contribution in [-0.2, 0) is 0 Å². The predicted octanol–water partition coefficient (Wildman–Crippen LogP) is 3.42. The van der Waals surface area contributed by atoms with Crippen molar-refractivity contribution in [2.75, 3.05) is 26.7 Å². The molecular weight excluding hydrogens is 346 g/mol. The maximum atomic E-state index is 12.5. The van der Waals surface area contributed by atoms with Gasteiger partial charge in [0.1, 0.15) is 5.75 Å². The van der Waals surface area contributed by atoms with Gasteiger partial charge in [0.05, 0.1) is 18.1 Å². The number of nitrogens with one attached hydrogen (secondary N) is 1. The molecule has 1 atom stereocenters. The molecule has 2 rings (SSSR count). The van der Waals surface area contributed by atoms with Gasteiger partial charge < -0.3 is 10.1 Å². The van der Waals surface area contributed by atoms with Crippen LogP contribution in [0.1, 0.15) is 35.8 Å². The number of hydrogen-bond donors (Lipinski definition) is 1. The number of non-ortho nitro benzene ring substituents is 1. The summed E-state index contributed by atoms with van der Waals surface area (Å²) in [6.45, 7) is 6.17. The van der Waals surface area contributed by atoms with Crippen LogP contribution in [0.5, 0.6) is 5.75 Å². The number of amides is 1. The van der Waals surface area contributed by atoms with Gasteiger partial charge in [0.25, 0.3) is 11.6 Å². The minimum atomic E-state index is -0.508. The molecule has 0 aliphatic carbocycles. The van der Waals surface area contributed by atoms with Crippen molar-refractivity contribution in [2.24, 2.45) is 0 Å². The molecule has 0 bridgehead atoms. The van der Waals surface area contributed by atoms with Gasteiger partial charge in [0.15, 0.2) is 0 Å². The molecule has 1 N–H and O–H groups in total. The molecule has 0 heterocycles. The maximum Gasteiger partial charge on any atom is 0.270 e. The summed E-state index contributed by atoms with van der Waals surface area (Å²) in [6, 6.07) is 13.5. The lowest BCUT2D eigenvalue weighted by molar-refractivity contribution is -0.384. The van der Waals surface area contributed by atoms with Gasteiger partial charge in [-0.1, -0.05) is 32.0 Å². The fourth-order valence-corrected chi connectivity index (χ4v) is 3.02. The second-order valence-electron chi connectivity index (χ2n) is 6.03. The van der Waals surface area contributed by atoms with Crippen LogP contribution >= 0.6 is 0 Å². The van der Waals surface area contributed by atoms with E-state index >= 15 is 0 Å². The molecule has 7 heteroatoms. The highest BCUT2D eigenvalue weighted by atomic mass is 16.6. The smallest absolute Gasteiger partial charge is 0.270 e. The van der Waals surface area contributed by atoms with Crippen molar-refractivity contribution in [3.8, 4) is 5.75 Å². The predicted molar refractivity (Wildman–Crippen MR) is 104 cm³/mol. The standard InChI is InChI=1S/C20H25N3O4/c1-4-22(5-2)19(15-8-7-11-18(13-15)27-3)14-21-20(24)16-9-6-10-17(12-16)23(25)26/h6-13,19H,4-5,14H2,1-3H3,(H,21,24). The monoisotopic (exact) mass is 371 g/mol. The zero-order valence-corrected chi connectivity index (χ0v) is 15.8. The van der Waals surface area contributed by atoms with Crippen molar-refractivity contribution >= 4 is 11.6 Å². The van der Waals surface area contributed by atoms with Crippen LogP contribution in [-0.4, -0.2) is 42.5 Å². The molecule has 0 aliphatic rings. The Hall–Kier alpha value is -2.93. The highest BCUT2D eigenvalue weighted by molar-refractivity contribution is 5.94. The molecular formula is C20H25N3O4. The summed E-state index contributed by atoms with van der Waals surface area (Å²) in [4.78, 5) is 25.1. The van der Waals surface area contributed by atoms with Crippen molar-refractivity contribution in [3.63, 3.8) is 0 Å². The van der Waals surface area contributed by atoms with Gasteiger partial charge in [-0.05, 0) is 36.9 Å².